The number of fused-ring (bicyclic) bond motifs is 2. The van der Waals surface area contributed by atoms with Crippen LogP contribution in [0, 0.1) is 0 Å². The molecule has 3 aromatic rings. The fraction of sp³-hybridized carbons (Fsp3) is 0.333. The summed E-state index contributed by atoms with van der Waals surface area (Å²) in [7, 11) is 0. The van der Waals surface area contributed by atoms with Gasteiger partial charge in [0.25, 0.3) is 0 Å². The fourth-order valence-electron chi connectivity index (χ4n) is 3.07. The van der Waals surface area contributed by atoms with E-state index in [1.165, 1.54) is 5.56 Å². The average molecular weight is 293 g/mol. The molecule has 0 atom stereocenters. The molecule has 0 N–H and O–H groups in total. The van der Waals surface area contributed by atoms with Crippen molar-refractivity contribution >= 4 is 5.78 Å². The lowest BCUT2D eigenvalue weighted by Crippen LogP contribution is -2.13. The number of aromatic nitrogens is 3. The van der Waals surface area contributed by atoms with Gasteiger partial charge in [0.05, 0.1) is 18.0 Å². The third-order valence-corrected chi connectivity index (χ3v) is 4.08. The minimum atomic E-state index is -0.0651. The van der Waals surface area contributed by atoms with Gasteiger partial charge in [-0.05, 0) is 17.7 Å². The molecular weight excluding hydrogens is 274 g/mol. The largest absolute Gasteiger partial charge is 0.492 e. The molecule has 22 heavy (non-hydrogen) atoms. The van der Waals surface area contributed by atoms with Crippen molar-refractivity contribution < 1.29 is 4.74 Å². The smallest absolute Gasteiger partial charge is 0.234 e. The zero-order valence-corrected chi connectivity index (χ0v) is 13.1. The van der Waals surface area contributed by atoms with Crippen LogP contribution in [0.5, 0.6) is 5.75 Å². The maximum atomic E-state index is 5.91. The van der Waals surface area contributed by atoms with E-state index in [1.807, 2.05) is 12.3 Å². The first-order valence-electron chi connectivity index (χ1n) is 7.64. The predicted molar refractivity (Wildman–Crippen MR) is 86.3 cm³/mol. The number of para-hydroxylation sites is 1. The van der Waals surface area contributed by atoms with E-state index in [1.54, 1.807) is 6.20 Å². The van der Waals surface area contributed by atoms with Gasteiger partial charge < -0.3 is 4.74 Å². The first-order chi connectivity index (χ1) is 10.6. The zero-order valence-electron chi connectivity index (χ0n) is 13.1. The van der Waals surface area contributed by atoms with Crippen LogP contribution in [0.4, 0.5) is 0 Å². The van der Waals surface area contributed by atoms with Crippen LogP contribution >= 0.6 is 0 Å². The number of hydrogen-bond acceptors (Lipinski definition) is 3. The molecule has 0 unspecified atom stereocenters. The van der Waals surface area contributed by atoms with Gasteiger partial charge in [-0.25, -0.2) is 9.97 Å². The highest BCUT2D eigenvalue weighted by Crippen LogP contribution is 2.41. The molecule has 0 saturated carbocycles. The Kier molecular flexibility index (Phi) is 2.76. The summed E-state index contributed by atoms with van der Waals surface area (Å²) < 4.78 is 7.98. The maximum Gasteiger partial charge on any atom is 0.234 e. The highest BCUT2D eigenvalue weighted by atomic mass is 16.5. The van der Waals surface area contributed by atoms with Crippen molar-refractivity contribution in [1.82, 2.24) is 14.4 Å². The maximum absolute atomic E-state index is 5.91. The van der Waals surface area contributed by atoms with Crippen LogP contribution in [-0.2, 0) is 11.8 Å². The standard InChI is InChI=1S/C18H19N3O/c1-18(2,3)16-14(21-10-5-9-19-17(21)20-16)13-7-4-6-12-8-11-22-15(12)13/h4-7,9-10H,8,11H2,1-3H3. The van der Waals surface area contributed by atoms with E-state index >= 15 is 0 Å². The van der Waals surface area contributed by atoms with Crippen molar-refractivity contribution in [3.05, 3.63) is 47.9 Å². The van der Waals surface area contributed by atoms with E-state index in [2.05, 4.69) is 48.4 Å². The summed E-state index contributed by atoms with van der Waals surface area (Å²) in [6, 6.07) is 8.31. The van der Waals surface area contributed by atoms with Crippen LogP contribution in [0.2, 0.25) is 0 Å². The van der Waals surface area contributed by atoms with Crippen LogP contribution in [0.25, 0.3) is 17.0 Å². The van der Waals surface area contributed by atoms with Gasteiger partial charge in [-0.3, -0.25) is 4.40 Å². The van der Waals surface area contributed by atoms with Crippen molar-refractivity contribution in [3.63, 3.8) is 0 Å². The Labute approximate surface area is 129 Å². The number of imidazole rings is 1. The summed E-state index contributed by atoms with van der Waals surface area (Å²) in [4.78, 5) is 9.19. The summed E-state index contributed by atoms with van der Waals surface area (Å²) in [5.74, 6) is 1.73. The molecule has 0 amide bonds. The SMILES string of the molecule is CC(C)(C)c1nc2ncccn2c1-c1cccc2c1OCC2. The molecular formula is C18H19N3O. The highest BCUT2D eigenvalue weighted by molar-refractivity contribution is 5.75. The quantitative estimate of drug-likeness (QED) is 0.688. The molecule has 1 aliphatic heterocycles. The van der Waals surface area contributed by atoms with Crippen molar-refractivity contribution in [2.24, 2.45) is 0 Å². The van der Waals surface area contributed by atoms with Crippen LogP contribution < -0.4 is 4.74 Å². The van der Waals surface area contributed by atoms with Gasteiger partial charge in [0, 0.05) is 29.8 Å². The van der Waals surface area contributed by atoms with E-state index in [4.69, 9.17) is 9.72 Å². The molecule has 3 heterocycles. The number of hydrogen-bond donors (Lipinski definition) is 0. The first kappa shape index (κ1) is 13.3. The Morgan fingerprint density at radius 2 is 2.05 bits per heavy atom. The van der Waals surface area contributed by atoms with Crippen molar-refractivity contribution in [2.45, 2.75) is 32.6 Å². The monoisotopic (exact) mass is 293 g/mol. The first-order valence-corrected chi connectivity index (χ1v) is 7.64. The number of benzene rings is 1. The third kappa shape index (κ3) is 1.90. The summed E-state index contributed by atoms with van der Waals surface area (Å²) in [6.45, 7) is 7.30. The molecule has 0 radical (unpaired) electrons. The predicted octanol–water partition coefficient (Wildman–Crippen LogP) is 3.63. The molecule has 1 aromatic carbocycles. The second-order valence-electron chi connectivity index (χ2n) is 6.74. The van der Waals surface area contributed by atoms with Gasteiger partial charge in [-0.15, -0.1) is 0 Å². The Hall–Kier alpha value is -2.36. The van der Waals surface area contributed by atoms with Gasteiger partial charge in [-0.2, -0.15) is 0 Å². The molecule has 4 rings (SSSR count). The highest BCUT2D eigenvalue weighted by Gasteiger charge is 2.28. The van der Waals surface area contributed by atoms with E-state index in [-0.39, 0.29) is 5.41 Å². The van der Waals surface area contributed by atoms with Crippen LogP contribution in [0.1, 0.15) is 32.0 Å². The van der Waals surface area contributed by atoms with Crippen LogP contribution in [-0.4, -0.2) is 21.0 Å². The Bertz CT molecular complexity index is 858. The Morgan fingerprint density at radius 3 is 2.86 bits per heavy atom. The molecule has 0 aliphatic carbocycles. The molecule has 2 aromatic heterocycles. The lowest BCUT2D eigenvalue weighted by Gasteiger charge is -2.19. The lowest BCUT2D eigenvalue weighted by atomic mass is 9.88. The molecule has 0 fully saturated rings. The molecule has 4 heteroatoms. The summed E-state index contributed by atoms with van der Waals surface area (Å²) in [6.07, 6.45) is 4.78. The van der Waals surface area contributed by atoms with E-state index < -0.39 is 0 Å². The summed E-state index contributed by atoms with van der Waals surface area (Å²) in [5, 5.41) is 0. The third-order valence-electron chi connectivity index (χ3n) is 4.08. The lowest BCUT2D eigenvalue weighted by molar-refractivity contribution is 0.358. The van der Waals surface area contributed by atoms with Gasteiger partial charge in [0.1, 0.15) is 5.75 Å². The minimum Gasteiger partial charge on any atom is -0.492 e. The molecule has 0 spiro atoms. The number of nitrogens with zero attached hydrogens (tertiary/aromatic N) is 3. The number of ether oxygens (including phenoxy) is 1. The van der Waals surface area contributed by atoms with Crippen LogP contribution in [0.15, 0.2) is 36.7 Å². The van der Waals surface area contributed by atoms with Crippen molar-refractivity contribution in [2.75, 3.05) is 6.61 Å². The van der Waals surface area contributed by atoms with Crippen molar-refractivity contribution in [1.29, 1.82) is 0 Å². The molecule has 0 saturated heterocycles. The summed E-state index contributed by atoms with van der Waals surface area (Å²) in [5.41, 5.74) is 4.46. The fourth-order valence-corrected chi connectivity index (χ4v) is 3.07. The zero-order chi connectivity index (χ0) is 15.3. The Balaban J connectivity index is 2.08. The normalized spacial score (nSPS) is 14.1. The van der Waals surface area contributed by atoms with Gasteiger partial charge in [-0.1, -0.05) is 32.9 Å². The molecule has 0 bridgehead atoms. The topological polar surface area (TPSA) is 39.4 Å². The second kappa shape index (κ2) is 4.57. The van der Waals surface area contributed by atoms with Crippen LogP contribution in [0.3, 0.4) is 0 Å². The van der Waals surface area contributed by atoms with E-state index in [9.17, 15) is 0 Å². The molecule has 112 valence electrons. The Morgan fingerprint density at radius 1 is 1.18 bits per heavy atom. The molecule has 4 nitrogen and oxygen atoms in total. The van der Waals surface area contributed by atoms with E-state index in [0.717, 1.165) is 41.5 Å². The number of rotatable bonds is 1. The minimum absolute atomic E-state index is 0.0651. The van der Waals surface area contributed by atoms with Gasteiger partial charge >= 0.3 is 0 Å². The van der Waals surface area contributed by atoms with Gasteiger partial charge in [0.2, 0.25) is 5.78 Å². The summed E-state index contributed by atoms with van der Waals surface area (Å²) >= 11 is 0. The molecule has 1 aliphatic rings. The van der Waals surface area contributed by atoms with Crippen molar-refractivity contribution in [3.8, 4) is 17.0 Å². The second-order valence-corrected chi connectivity index (χ2v) is 6.74. The average Bonchev–Trinajstić information content (AvgIpc) is 3.10. The van der Waals surface area contributed by atoms with E-state index in [0.29, 0.717) is 0 Å². The van der Waals surface area contributed by atoms with Gasteiger partial charge in [0.15, 0.2) is 0 Å².